The summed E-state index contributed by atoms with van der Waals surface area (Å²) in [6.07, 6.45) is 3.67. The SMILES string of the molecule is CCCCC(C)C(C)C(C)=O. The van der Waals surface area contributed by atoms with Crippen LogP contribution in [0.1, 0.15) is 47.0 Å². The van der Waals surface area contributed by atoms with Crippen molar-refractivity contribution in [3.8, 4) is 0 Å². The molecule has 0 rings (SSSR count). The normalized spacial score (nSPS) is 16.0. The summed E-state index contributed by atoms with van der Waals surface area (Å²) < 4.78 is 0. The predicted molar refractivity (Wildman–Crippen MR) is 48.5 cm³/mol. The lowest BCUT2D eigenvalue weighted by Gasteiger charge is -2.16. The maximum absolute atomic E-state index is 10.9. The fourth-order valence-electron chi connectivity index (χ4n) is 1.18. The number of carbonyl (C=O) groups is 1. The smallest absolute Gasteiger partial charge is 0.132 e. The van der Waals surface area contributed by atoms with Crippen LogP contribution in [0.5, 0.6) is 0 Å². The number of Topliss-reactive ketones (excluding diaryl/α,β-unsaturated/α-hetero) is 1. The fraction of sp³-hybridized carbons (Fsp3) is 0.900. The molecule has 2 unspecified atom stereocenters. The highest BCUT2D eigenvalue weighted by Crippen LogP contribution is 2.18. The highest BCUT2D eigenvalue weighted by atomic mass is 16.1. The second kappa shape index (κ2) is 5.34. The summed E-state index contributed by atoms with van der Waals surface area (Å²) in [5, 5.41) is 0. The third-order valence-corrected chi connectivity index (χ3v) is 2.51. The molecule has 0 aliphatic rings. The fourth-order valence-corrected chi connectivity index (χ4v) is 1.18. The summed E-state index contributed by atoms with van der Waals surface area (Å²) >= 11 is 0. The van der Waals surface area contributed by atoms with Crippen LogP contribution in [0.25, 0.3) is 0 Å². The number of rotatable bonds is 5. The number of hydrogen-bond donors (Lipinski definition) is 0. The average molecular weight is 156 g/mol. The molecule has 0 bridgehead atoms. The standard InChI is InChI=1S/C10H20O/c1-5-6-7-8(2)9(3)10(4)11/h8-9H,5-7H2,1-4H3. The molecule has 1 heteroatoms. The van der Waals surface area contributed by atoms with Crippen molar-refractivity contribution in [1.82, 2.24) is 0 Å². The van der Waals surface area contributed by atoms with Crippen molar-refractivity contribution < 1.29 is 4.79 Å². The van der Waals surface area contributed by atoms with E-state index >= 15 is 0 Å². The first-order valence-electron chi connectivity index (χ1n) is 4.60. The molecule has 0 N–H and O–H groups in total. The Labute approximate surface area is 70.2 Å². The lowest BCUT2D eigenvalue weighted by Crippen LogP contribution is -2.15. The Hall–Kier alpha value is -0.330. The Morgan fingerprint density at radius 2 is 1.91 bits per heavy atom. The molecule has 0 aromatic rings. The summed E-state index contributed by atoms with van der Waals surface area (Å²) in [5.74, 6) is 1.14. The molecule has 2 atom stereocenters. The van der Waals surface area contributed by atoms with E-state index in [1.807, 2.05) is 6.92 Å². The highest BCUT2D eigenvalue weighted by molar-refractivity contribution is 5.78. The van der Waals surface area contributed by atoms with Gasteiger partial charge in [-0.1, -0.05) is 40.0 Å². The molecular formula is C10H20O. The van der Waals surface area contributed by atoms with Crippen LogP contribution in [0.2, 0.25) is 0 Å². The Morgan fingerprint density at radius 3 is 2.27 bits per heavy atom. The molecule has 0 aromatic heterocycles. The number of ketones is 1. The van der Waals surface area contributed by atoms with Crippen molar-refractivity contribution in [1.29, 1.82) is 0 Å². The molecule has 66 valence electrons. The minimum Gasteiger partial charge on any atom is -0.300 e. The number of carbonyl (C=O) groups excluding carboxylic acids is 1. The number of unbranched alkanes of at least 4 members (excludes halogenated alkanes) is 1. The molecule has 0 aliphatic carbocycles. The Morgan fingerprint density at radius 1 is 1.36 bits per heavy atom. The molecule has 0 fully saturated rings. The van der Waals surface area contributed by atoms with E-state index in [0.717, 1.165) is 0 Å². The molecule has 1 nitrogen and oxygen atoms in total. The Kier molecular flexibility index (Phi) is 5.18. The van der Waals surface area contributed by atoms with Crippen molar-refractivity contribution in [2.45, 2.75) is 47.0 Å². The summed E-state index contributed by atoms with van der Waals surface area (Å²) in [7, 11) is 0. The topological polar surface area (TPSA) is 17.1 Å². The van der Waals surface area contributed by atoms with E-state index < -0.39 is 0 Å². The van der Waals surface area contributed by atoms with Crippen LogP contribution in [-0.4, -0.2) is 5.78 Å². The van der Waals surface area contributed by atoms with Crippen LogP contribution in [0.4, 0.5) is 0 Å². The van der Waals surface area contributed by atoms with Crippen molar-refractivity contribution in [2.24, 2.45) is 11.8 Å². The lowest BCUT2D eigenvalue weighted by molar-refractivity contribution is -0.121. The molecule has 0 aliphatic heterocycles. The van der Waals surface area contributed by atoms with E-state index in [4.69, 9.17) is 0 Å². The maximum Gasteiger partial charge on any atom is 0.132 e. The Bertz CT molecular complexity index is 118. The van der Waals surface area contributed by atoms with Gasteiger partial charge in [-0.25, -0.2) is 0 Å². The minimum absolute atomic E-state index is 0.251. The Balaban J connectivity index is 3.63. The summed E-state index contributed by atoms with van der Waals surface area (Å²) in [4.78, 5) is 10.9. The van der Waals surface area contributed by atoms with Crippen LogP contribution < -0.4 is 0 Å². The number of hydrogen-bond acceptors (Lipinski definition) is 1. The van der Waals surface area contributed by atoms with Crippen molar-refractivity contribution >= 4 is 5.78 Å². The van der Waals surface area contributed by atoms with Gasteiger partial charge in [-0.15, -0.1) is 0 Å². The van der Waals surface area contributed by atoms with E-state index in [0.29, 0.717) is 11.7 Å². The van der Waals surface area contributed by atoms with Gasteiger partial charge in [0.2, 0.25) is 0 Å². The van der Waals surface area contributed by atoms with Crippen molar-refractivity contribution in [3.05, 3.63) is 0 Å². The quantitative estimate of drug-likeness (QED) is 0.598. The van der Waals surface area contributed by atoms with Gasteiger partial charge in [0.15, 0.2) is 0 Å². The average Bonchev–Trinajstić information content (AvgIpc) is 1.98. The molecule has 0 radical (unpaired) electrons. The third-order valence-electron chi connectivity index (χ3n) is 2.51. The van der Waals surface area contributed by atoms with Gasteiger partial charge in [-0.2, -0.15) is 0 Å². The largest absolute Gasteiger partial charge is 0.300 e. The maximum atomic E-state index is 10.9. The summed E-state index contributed by atoms with van der Waals surface area (Å²) in [6.45, 7) is 8.07. The highest BCUT2D eigenvalue weighted by Gasteiger charge is 2.15. The molecule has 0 amide bonds. The first kappa shape index (κ1) is 10.7. The monoisotopic (exact) mass is 156 g/mol. The molecular weight excluding hydrogens is 136 g/mol. The van der Waals surface area contributed by atoms with Gasteiger partial charge in [-0.05, 0) is 12.8 Å². The van der Waals surface area contributed by atoms with Gasteiger partial charge in [0.25, 0.3) is 0 Å². The van der Waals surface area contributed by atoms with Gasteiger partial charge in [0, 0.05) is 5.92 Å². The first-order valence-corrected chi connectivity index (χ1v) is 4.60. The van der Waals surface area contributed by atoms with Gasteiger partial charge >= 0.3 is 0 Å². The van der Waals surface area contributed by atoms with Gasteiger partial charge < -0.3 is 0 Å². The van der Waals surface area contributed by atoms with E-state index in [-0.39, 0.29) is 5.92 Å². The minimum atomic E-state index is 0.251. The van der Waals surface area contributed by atoms with Crippen LogP contribution in [0.3, 0.4) is 0 Å². The van der Waals surface area contributed by atoms with Crippen LogP contribution in [0, 0.1) is 11.8 Å². The van der Waals surface area contributed by atoms with Crippen LogP contribution >= 0.6 is 0 Å². The molecule has 0 heterocycles. The molecule has 0 saturated carbocycles. The van der Waals surface area contributed by atoms with Crippen LogP contribution in [0.15, 0.2) is 0 Å². The van der Waals surface area contributed by atoms with Gasteiger partial charge in [-0.3, -0.25) is 4.79 Å². The third kappa shape index (κ3) is 4.18. The second-order valence-corrected chi connectivity index (χ2v) is 3.52. The van der Waals surface area contributed by atoms with E-state index in [9.17, 15) is 4.79 Å². The van der Waals surface area contributed by atoms with E-state index in [2.05, 4.69) is 13.8 Å². The van der Waals surface area contributed by atoms with Gasteiger partial charge in [0.1, 0.15) is 5.78 Å². The van der Waals surface area contributed by atoms with E-state index in [1.165, 1.54) is 19.3 Å². The van der Waals surface area contributed by atoms with Gasteiger partial charge in [0.05, 0.1) is 0 Å². The lowest BCUT2D eigenvalue weighted by atomic mass is 9.88. The summed E-state index contributed by atoms with van der Waals surface area (Å²) in [6, 6.07) is 0. The molecule has 0 saturated heterocycles. The van der Waals surface area contributed by atoms with Crippen molar-refractivity contribution in [3.63, 3.8) is 0 Å². The summed E-state index contributed by atoms with van der Waals surface area (Å²) in [5.41, 5.74) is 0. The molecule has 0 spiro atoms. The van der Waals surface area contributed by atoms with Crippen LogP contribution in [-0.2, 0) is 4.79 Å². The molecule has 0 aromatic carbocycles. The zero-order chi connectivity index (χ0) is 8.85. The zero-order valence-corrected chi connectivity index (χ0v) is 8.18. The first-order chi connectivity index (χ1) is 5.09. The second-order valence-electron chi connectivity index (χ2n) is 3.52. The predicted octanol–water partition coefficient (Wildman–Crippen LogP) is 3.04. The van der Waals surface area contributed by atoms with E-state index in [1.54, 1.807) is 6.92 Å². The zero-order valence-electron chi connectivity index (χ0n) is 8.18. The molecule has 11 heavy (non-hydrogen) atoms. The van der Waals surface area contributed by atoms with Crippen molar-refractivity contribution in [2.75, 3.05) is 0 Å².